The van der Waals surface area contributed by atoms with Crippen molar-refractivity contribution in [3.63, 3.8) is 0 Å². The predicted octanol–water partition coefficient (Wildman–Crippen LogP) is 3.75. The normalized spacial score (nSPS) is 10.2. The number of nitrogens with one attached hydrogen (secondary N) is 1. The van der Waals surface area contributed by atoms with Crippen LogP contribution in [0.3, 0.4) is 0 Å². The standard InChI is InChI=1S/C14H16N2/c1-10-4-5-15-14(9-10)16-13-7-11(2)6-12(3)8-13/h4-9H,1-3H3,(H,15,16). The van der Waals surface area contributed by atoms with Crippen molar-refractivity contribution in [2.75, 3.05) is 5.32 Å². The lowest BCUT2D eigenvalue weighted by Crippen LogP contribution is -1.94. The van der Waals surface area contributed by atoms with Gasteiger partial charge in [0.25, 0.3) is 0 Å². The van der Waals surface area contributed by atoms with Gasteiger partial charge in [-0.25, -0.2) is 4.98 Å². The number of hydrogen-bond acceptors (Lipinski definition) is 2. The van der Waals surface area contributed by atoms with Crippen molar-refractivity contribution in [2.24, 2.45) is 0 Å². The number of pyridine rings is 1. The summed E-state index contributed by atoms with van der Waals surface area (Å²) in [5.74, 6) is 0.894. The van der Waals surface area contributed by atoms with Gasteiger partial charge in [0, 0.05) is 11.9 Å². The Labute approximate surface area is 96.4 Å². The summed E-state index contributed by atoms with van der Waals surface area (Å²) in [4.78, 5) is 4.28. The maximum absolute atomic E-state index is 4.28. The lowest BCUT2D eigenvalue weighted by atomic mass is 10.1. The number of benzene rings is 1. The third-order valence-electron chi connectivity index (χ3n) is 2.41. The smallest absolute Gasteiger partial charge is 0.130 e. The molecular weight excluding hydrogens is 196 g/mol. The van der Waals surface area contributed by atoms with E-state index in [4.69, 9.17) is 0 Å². The predicted molar refractivity (Wildman–Crippen MR) is 68.2 cm³/mol. The highest BCUT2D eigenvalue weighted by atomic mass is 15.0. The molecule has 0 aliphatic rings. The summed E-state index contributed by atoms with van der Waals surface area (Å²) in [6.45, 7) is 6.26. The van der Waals surface area contributed by atoms with E-state index in [1.165, 1.54) is 16.7 Å². The third-order valence-corrected chi connectivity index (χ3v) is 2.41. The van der Waals surface area contributed by atoms with Crippen molar-refractivity contribution in [3.8, 4) is 0 Å². The van der Waals surface area contributed by atoms with Gasteiger partial charge in [-0.05, 0) is 61.7 Å². The van der Waals surface area contributed by atoms with Gasteiger partial charge >= 0.3 is 0 Å². The molecule has 16 heavy (non-hydrogen) atoms. The van der Waals surface area contributed by atoms with Crippen LogP contribution in [-0.2, 0) is 0 Å². The molecule has 0 radical (unpaired) electrons. The molecule has 0 saturated heterocycles. The van der Waals surface area contributed by atoms with Crippen LogP contribution in [0.2, 0.25) is 0 Å². The Balaban J connectivity index is 2.27. The molecule has 0 aliphatic heterocycles. The molecule has 0 bridgehead atoms. The molecule has 2 aromatic rings. The highest BCUT2D eigenvalue weighted by Crippen LogP contribution is 2.18. The zero-order chi connectivity index (χ0) is 11.5. The Morgan fingerprint density at radius 3 is 2.19 bits per heavy atom. The van der Waals surface area contributed by atoms with Gasteiger partial charge in [0.15, 0.2) is 0 Å². The minimum atomic E-state index is 0.894. The molecule has 1 aromatic carbocycles. The van der Waals surface area contributed by atoms with Crippen molar-refractivity contribution in [2.45, 2.75) is 20.8 Å². The number of anilines is 2. The minimum absolute atomic E-state index is 0.894. The minimum Gasteiger partial charge on any atom is -0.340 e. The zero-order valence-corrected chi connectivity index (χ0v) is 9.91. The fourth-order valence-corrected chi connectivity index (χ4v) is 1.80. The molecule has 1 heterocycles. The van der Waals surface area contributed by atoms with Crippen LogP contribution >= 0.6 is 0 Å². The first-order valence-corrected chi connectivity index (χ1v) is 5.41. The van der Waals surface area contributed by atoms with Gasteiger partial charge in [-0.3, -0.25) is 0 Å². The van der Waals surface area contributed by atoms with E-state index in [0.29, 0.717) is 0 Å². The summed E-state index contributed by atoms with van der Waals surface area (Å²) in [6.07, 6.45) is 1.82. The van der Waals surface area contributed by atoms with Gasteiger partial charge < -0.3 is 5.32 Å². The van der Waals surface area contributed by atoms with Crippen molar-refractivity contribution < 1.29 is 0 Å². The van der Waals surface area contributed by atoms with E-state index in [-0.39, 0.29) is 0 Å². The number of aryl methyl sites for hydroxylation is 3. The number of nitrogens with zero attached hydrogens (tertiary/aromatic N) is 1. The molecule has 1 N–H and O–H groups in total. The second-order valence-corrected chi connectivity index (χ2v) is 4.22. The van der Waals surface area contributed by atoms with Crippen molar-refractivity contribution in [3.05, 3.63) is 53.2 Å². The van der Waals surface area contributed by atoms with E-state index in [9.17, 15) is 0 Å². The van der Waals surface area contributed by atoms with E-state index in [1.54, 1.807) is 0 Å². The van der Waals surface area contributed by atoms with Crippen LogP contribution in [-0.4, -0.2) is 4.98 Å². The van der Waals surface area contributed by atoms with Gasteiger partial charge in [0.2, 0.25) is 0 Å². The Kier molecular flexibility index (Phi) is 2.91. The Morgan fingerprint density at radius 2 is 1.56 bits per heavy atom. The van der Waals surface area contributed by atoms with Crippen LogP contribution in [0.4, 0.5) is 11.5 Å². The van der Waals surface area contributed by atoms with Gasteiger partial charge in [-0.15, -0.1) is 0 Å². The van der Waals surface area contributed by atoms with Gasteiger partial charge in [-0.1, -0.05) is 6.07 Å². The Bertz CT molecular complexity index is 484. The van der Waals surface area contributed by atoms with E-state index >= 15 is 0 Å². The largest absolute Gasteiger partial charge is 0.340 e. The molecule has 0 amide bonds. The molecule has 0 saturated carbocycles. The Morgan fingerprint density at radius 1 is 0.875 bits per heavy atom. The van der Waals surface area contributed by atoms with Crippen molar-refractivity contribution >= 4 is 11.5 Å². The van der Waals surface area contributed by atoms with Gasteiger partial charge in [0.1, 0.15) is 5.82 Å². The number of rotatable bonds is 2. The van der Waals surface area contributed by atoms with Crippen LogP contribution in [0.25, 0.3) is 0 Å². The van der Waals surface area contributed by atoms with Crippen molar-refractivity contribution in [1.82, 2.24) is 4.98 Å². The highest BCUT2D eigenvalue weighted by molar-refractivity contribution is 5.58. The van der Waals surface area contributed by atoms with Gasteiger partial charge in [-0.2, -0.15) is 0 Å². The first-order valence-electron chi connectivity index (χ1n) is 5.41. The molecule has 0 unspecified atom stereocenters. The molecule has 82 valence electrons. The molecular formula is C14H16N2. The molecule has 0 spiro atoms. The quantitative estimate of drug-likeness (QED) is 0.820. The molecule has 0 fully saturated rings. The van der Waals surface area contributed by atoms with Crippen LogP contribution in [0.1, 0.15) is 16.7 Å². The summed E-state index contributed by atoms with van der Waals surface area (Å²) in [7, 11) is 0. The van der Waals surface area contributed by atoms with E-state index < -0.39 is 0 Å². The summed E-state index contributed by atoms with van der Waals surface area (Å²) < 4.78 is 0. The lowest BCUT2D eigenvalue weighted by molar-refractivity contribution is 1.27. The van der Waals surface area contributed by atoms with Crippen LogP contribution in [0.5, 0.6) is 0 Å². The van der Waals surface area contributed by atoms with Crippen LogP contribution < -0.4 is 5.32 Å². The van der Waals surface area contributed by atoms with Crippen LogP contribution in [0.15, 0.2) is 36.5 Å². The van der Waals surface area contributed by atoms with E-state index in [2.05, 4.69) is 49.3 Å². The number of hydrogen-bond donors (Lipinski definition) is 1. The fourth-order valence-electron chi connectivity index (χ4n) is 1.80. The zero-order valence-electron chi connectivity index (χ0n) is 9.91. The fraction of sp³-hybridized carbons (Fsp3) is 0.214. The Hall–Kier alpha value is -1.83. The second kappa shape index (κ2) is 4.35. The monoisotopic (exact) mass is 212 g/mol. The summed E-state index contributed by atoms with van der Waals surface area (Å²) in [6, 6.07) is 10.4. The summed E-state index contributed by atoms with van der Waals surface area (Å²) in [5, 5.41) is 3.32. The molecule has 1 aromatic heterocycles. The average Bonchev–Trinajstić information content (AvgIpc) is 2.15. The summed E-state index contributed by atoms with van der Waals surface area (Å²) in [5.41, 5.74) is 4.82. The topological polar surface area (TPSA) is 24.9 Å². The molecule has 2 rings (SSSR count). The highest BCUT2D eigenvalue weighted by Gasteiger charge is 1.98. The maximum atomic E-state index is 4.28. The average molecular weight is 212 g/mol. The molecule has 2 nitrogen and oxygen atoms in total. The first kappa shape index (κ1) is 10.7. The maximum Gasteiger partial charge on any atom is 0.130 e. The van der Waals surface area contributed by atoms with Gasteiger partial charge in [0.05, 0.1) is 0 Å². The molecule has 2 heteroatoms. The second-order valence-electron chi connectivity index (χ2n) is 4.22. The van der Waals surface area contributed by atoms with Crippen molar-refractivity contribution in [1.29, 1.82) is 0 Å². The SMILES string of the molecule is Cc1cc(C)cc(Nc2cc(C)ccn2)c1. The third kappa shape index (κ3) is 2.60. The molecule has 0 atom stereocenters. The summed E-state index contributed by atoms with van der Waals surface area (Å²) >= 11 is 0. The van der Waals surface area contributed by atoms with E-state index in [1.807, 2.05) is 18.3 Å². The molecule has 0 aliphatic carbocycles. The number of aromatic nitrogens is 1. The first-order chi connectivity index (χ1) is 7.63. The van der Waals surface area contributed by atoms with Crippen LogP contribution in [0, 0.1) is 20.8 Å². The van der Waals surface area contributed by atoms with E-state index in [0.717, 1.165) is 11.5 Å². The lowest BCUT2D eigenvalue weighted by Gasteiger charge is -2.08.